The van der Waals surface area contributed by atoms with Gasteiger partial charge in [0.15, 0.2) is 0 Å². The van der Waals surface area contributed by atoms with Gasteiger partial charge in [0, 0.05) is 25.3 Å². The second-order valence-electron chi connectivity index (χ2n) is 7.60. The number of pyridine rings is 1. The zero-order valence-corrected chi connectivity index (χ0v) is 15.8. The number of ether oxygens (including phenoxy) is 2. The van der Waals surface area contributed by atoms with Gasteiger partial charge in [0.05, 0.1) is 25.9 Å². The van der Waals surface area contributed by atoms with Gasteiger partial charge in [0.1, 0.15) is 11.9 Å². The van der Waals surface area contributed by atoms with Crippen LogP contribution >= 0.6 is 0 Å². The Hall–Kier alpha value is -2.15. The van der Waals surface area contributed by atoms with Gasteiger partial charge >= 0.3 is 5.97 Å². The Morgan fingerprint density at radius 2 is 1.96 bits per heavy atom. The molecule has 0 N–H and O–H groups in total. The molecule has 1 aliphatic carbocycles. The average Bonchev–Trinajstić information content (AvgIpc) is 3.13. The number of morpholine rings is 1. The third-order valence-electron chi connectivity index (χ3n) is 6.13. The number of amides is 1. The molecule has 0 spiro atoms. The summed E-state index contributed by atoms with van der Waals surface area (Å²) in [4.78, 5) is 34.0. The molecule has 0 radical (unpaired) electrons. The van der Waals surface area contributed by atoms with Crippen LogP contribution in [-0.2, 0) is 14.3 Å². The first-order valence-corrected chi connectivity index (χ1v) is 9.88. The highest BCUT2D eigenvalue weighted by Crippen LogP contribution is 2.40. The lowest BCUT2D eigenvalue weighted by Crippen LogP contribution is -2.46. The standard InChI is InChI=1S/C20H27N3O4/c1-26-20(25)17-12-14-4-2-3-5-16(14)23(17)19(24)15-6-7-18(21-13-15)22-8-10-27-11-9-22/h6-7,13-14,16-17H,2-5,8-12H2,1H3. The highest BCUT2D eigenvalue weighted by molar-refractivity contribution is 5.97. The number of carbonyl (C=O) groups is 2. The van der Waals surface area contributed by atoms with E-state index in [4.69, 9.17) is 9.47 Å². The van der Waals surface area contributed by atoms with Crippen molar-refractivity contribution in [1.29, 1.82) is 0 Å². The maximum absolute atomic E-state index is 13.3. The van der Waals surface area contributed by atoms with E-state index in [1.165, 1.54) is 13.5 Å². The van der Waals surface area contributed by atoms with Crippen molar-refractivity contribution >= 4 is 17.7 Å². The summed E-state index contributed by atoms with van der Waals surface area (Å²) in [5.74, 6) is 0.834. The summed E-state index contributed by atoms with van der Waals surface area (Å²) in [6, 6.07) is 3.37. The molecule has 3 aliphatic rings. The first-order chi connectivity index (χ1) is 13.2. The summed E-state index contributed by atoms with van der Waals surface area (Å²) in [7, 11) is 1.39. The predicted octanol–water partition coefficient (Wildman–Crippen LogP) is 1.86. The Morgan fingerprint density at radius 3 is 2.67 bits per heavy atom. The number of methoxy groups -OCH3 is 1. The van der Waals surface area contributed by atoms with Crippen LogP contribution < -0.4 is 4.90 Å². The fourth-order valence-corrected chi connectivity index (χ4v) is 4.74. The monoisotopic (exact) mass is 373 g/mol. The van der Waals surface area contributed by atoms with Crippen LogP contribution in [0.3, 0.4) is 0 Å². The van der Waals surface area contributed by atoms with Crippen molar-refractivity contribution in [2.45, 2.75) is 44.2 Å². The first kappa shape index (κ1) is 18.2. The summed E-state index contributed by atoms with van der Waals surface area (Å²) in [6.45, 7) is 3.00. The Balaban J connectivity index is 1.54. The van der Waals surface area contributed by atoms with Crippen molar-refractivity contribution < 1.29 is 19.1 Å². The largest absolute Gasteiger partial charge is 0.467 e. The SMILES string of the molecule is COC(=O)C1CC2CCCCC2N1C(=O)c1ccc(N2CCOCC2)nc1. The lowest BCUT2D eigenvalue weighted by Gasteiger charge is -2.33. The fraction of sp³-hybridized carbons (Fsp3) is 0.650. The lowest BCUT2D eigenvalue weighted by molar-refractivity contribution is -0.145. The van der Waals surface area contributed by atoms with E-state index in [9.17, 15) is 9.59 Å². The summed E-state index contributed by atoms with van der Waals surface area (Å²) < 4.78 is 10.4. The molecule has 1 saturated carbocycles. The van der Waals surface area contributed by atoms with Crippen molar-refractivity contribution in [3.63, 3.8) is 0 Å². The molecule has 3 heterocycles. The van der Waals surface area contributed by atoms with Crippen molar-refractivity contribution in [2.75, 3.05) is 38.3 Å². The van der Waals surface area contributed by atoms with Gasteiger partial charge < -0.3 is 19.3 Å². The highest BCUT2D eigenvalue weighted by Gasteiger charge is 2.48. The third-order valence-corrected chi connectivity index (χ3v) is 6.13. The molecular formula is C20H27N3O4. The second-order valence-corrected chi connectivity index (χ2v) is 7.60. The molecule has 1 aromatic rings. The van der Waals surface area contributed by atoms with E-state index in [1.54, 1.807) is 11.1 Å². The predicted molar refractivity (Wildman–Crippen MR) is 99.6 cm³/mol. The number of hydrogen-bond donors (Lipinski definition) is 0. The van der Waals surface area contributed by atoms with E-state index in [0.717, 1.165) is 38.2 Å². The van der Waals surface area contributed by atoms with Gasteiger partial charge in [0.25, 0.3) is 5.91 Å². The van der Waals surface area contributed by atoms with Crippen molar-refractivity contribution in [3.8, 4) is 0 Å². The maximum atomic E-state index is 13.3. The van der Waals surface area contributed by atoms with Crippen LogP contribution in [0.4, 0.5) is 5.82 Å². The zero-order chi connectivity index (χ0) is 18.8. The van der Waals surface area contributed by atoms with E-state index in [-0.39, 0.29) is 17.9 Å². The molecule has 3 atom stereocenters. The third kappa shape index (κ3) is 3.52. The molecule has 3 unspecified atom stereocenters. The van der Waals surface area contributed by atoms with Crippen LogP contribution in [0.5, 0.6) is 0 Å². The Bertz CT molecular complexity index is 687. The molecule has 1 amide bonds. The van der Waals surface area contributed by atoms with Gasteiger partial charge in [-0.15, -0.1) is 0 Å². The molecule has 7 heteroatoms. The van der Waals surface area contributed by atoms with Crippen LogP contribution in [0.15, 0.2) is 18.3 Å². The van der Waals surface area contributed by atoms with Gasteiger partial charge in [-0.25, -0.2) is 9.78 Å². The van der Waals surface area contributed by atoms with Crippen LogP contribution in [0.25, 0.3) is 0 Å². The Kier molecular flexibility index (Phi) is 5.29. The second kappa shape index (κ2) is 7.84. The fourth-order valence-electron chi connectivity index (χ4n) is 4.74. The van der Waals surface area contributed by atoms with Crippen molar-refractivity contribution in [3.05, 3.63) is 23.9 Å². The Labute approximate surface area is 159 Å². The number of likely N-dealkylation sites (tertiary alicyclic amines) is 1. The van der Waals surface area contributed by atoms with Crippen LogP contribution in [0.2, 0.25) is 0 Å². The van der Waals surface area contributed by atoms with Crippen molar-refractivity contribution in [1.82, 2.24) is 9.88 Å². The average molecular weight is 373 g/mol. The summed E-state index contributed by atoms with van der Waals surface area (Å²) in [6.07, 6.45) is 6.67. The van der Waals surface area contributed by atoms with E-state index in [0.29, 0.717) is 31.1 Å². The Morgan fingerprint density at radius 1 is 1.19 bits per heavy atom. The number of nitrogens with zero attached hydrogens (tertiary/aromatic N) is 3. The molecule has 2 aliphatic heterocycles. The van der Waals surface area contributed by atoms with Crippen LogP contribution in [0.1, 0.15) is 42.5 Å². The molecule has 4 rings (SSSR count). The normalized spacial score (nSPS) is 28.0. The molecule has 7 nitrogen and oxygen atoms in total. The van der Waals surface area contributed by atoms with E-state index in [1.807, 2.05) is 12.1 Å². The van der Waals surface area contributed by atoms with E-state index < -0.39 is 6.04 Å². The molecule has 2 saturated heterocycles. The minimum absolute atomic E-state index is 0.110. The van der Waals surface area contributed by atoms with Gasteiger partial charge in [-0.2, -0.15) is 0 Å². The minimum Gasteiger partial charge on any atom is -0.467 e. The van der Waals surface area contributed by atoms with E-state index >= 15 is 0 Å². The number of hydrogen-bond acceptors (Lipinski definition) is 6. The summed E-state index contributed by atoms with van der Waals surface area (Å²) >= 11 is 0. The highest BCUT2D eigenvalue weighted by atomic mass is 16.5. The summed E-state index contributed by atoms with van der Waals surface area (Å²) in [5.41, 5.74) is 0.534. The quantitative estimate of drug-likeness (QED) is 0.753. The number of anilines is 1. The minimum atomic E-state index is -0.477. The molecular weight excluding hydrogens is 346 g/mol. The van der Waals surface area contributed by atoms with E-state index in [2.05, 4.69) is 9.88 Å². The lowest BCUT2D eigenvalue weighted by atomic mass is 9.84. The van der Waals surface area contributed by atoms with Crippen molar-refractivity contribution in [2.24, 2.45) is 5.92 Å². The number of carbonyl (C=O) groups excluding carboxylic acids is 2. The van der Waals surface area contributed by atoms with Gasteiger partial charge in [0.2, 0.25) is 0 Å². The first-order valence-electron chi connectivity index (χ1n) is 9.88. The van der Waals surface area contributed by atoms with Gasteiger partial charge in [-0.1, -0.05) is 12.8 Å². The smallest absolute Gasteiger partial charge is 0.328 e. The van der Waals surface area contributed by atoms with Gasteiger partial charge in [-0.3, -0.25) is 4.79 Å². The zero-order valence-electron chi connectivity index (χ0n) is 15.8. The maximum Gasteiger partial charge on any atom is 0.328 e. The molecule has 0 aromatic carbocycles. The number of rotatable bonds is 3. The molecule has 0 bridgehead atoms. The number of aromatic nitrogens is 1. The number of fused-ring (bicyclic) bond motifs is 1. The van der Waals surface area contributed by atoms with Crippen LogP contribution in [0, 0.1) is 5.92 Å². The molecule has 146 valence electrons. The topological polar surface area (TPSA) is 72.0 Å². The number of esters is 1. The van der Waals surface area contributed by atoms with Crippen LogP contribution in [-0.4, -0.2) is 67.3 Å². The van der Waals surface area contributed by atoms with Gasteiger partial charge in [-0.05, 0) is 37.3 Å². The molecule has 3 fully saturated rings. The molecule has 1 aromatic heterocycles. The summed E-state index contributed by atoms with van der Waals surface area (Å²) in [5, 5.41) is 0. The molecule has 27 heavy (non-hydrogen) atoms.